The van der Waals surface area contributed by atoms with E-state index < -0.39 is 0 Å². The predicted molar refractivity (Wildman–Crippen MR) is 102 cm³/mol. The Labute approximate surface area is 148 Å². The number of aromatic nitrogens is 1. The van der Waals surface area contributed by atoms with Crippen molar-refractivity contribution < 1.29 is 0 Å². The molecule has 3 heteroatoms. The van der Waals surface area contributed by atoms with Gasteiger partial charge in [-0.25, -0.2) is 0 Å². The van der Waals surface area contributed by atoms with E-state index in [1.54, 1.807) is 0 Å². The van der Waals surface area contributed by atoms with Gasteiger partial charge >= 0.3 is 0 Å². The number of likely N-dealkylation sites (N-methyl/N-ethyl adjacent to an activating group) is 1. The van der Waals surface area contributed by atoms with Gasteiger partial charge in [0.2, 0.25) is 0 Å². The van der Waals surface area contributed by atoms with E-state index >= 15 is 0 Å². The van der Waals surface area contributed by atoms with Gasteiger partial charge in [0, 0.05) is 47.7 Å². The molecule has 0 unspecified atom stereocenters. The van der Waals surface area contributed by atoms with Crippen molar-refractivity contribution in [2.75, 3.05) is 13.6 Å². The highest BCUT2D eigenvalue weighted by Gasteiger charge is 2.22. The van der Waals surface area contributed by atoms with Gasteiger partial charge in [0.05, 0.1) is 0 Å². The molecule has 0 saturated heterocycles. The molecule has 2 nitrogen and oxygen atoms in total. The number of rotatable bonds is 3. The number of nitrogens with zero attached hydrogens (tertiary/aromatic N) is 2. The third-order valence-electron chi connectivity index (χ3n) is 4.94. The van der Waals surface area contributed by atoms with Gasteiger partial charge in [-0.05, 0) is 41.9 Å². The minimum Gasteiger partial charge on any atom is -0.340 e. The maximum absolute atomic E-state index is 6.27. The number of benzene rings is 2. The average molecular weight is 337 g/mol. The highest BCUT2D eigenvalue weighted by atomic mass is 35.5. The summed E-state index contributed by atoms with van der Waals surface area (Å²) in [5.74, 6) is 0. The van der Waals surface area contributed by atoms with Crippen molar-refractivity contribution in [1.29, 1.82) is 0 Å². The Balaban J connectivity index is 1.82. The normalized spacial score (nSPS) is 14.8. The van der Waals surface area contributed by atoms with Crippen molar-refractivity contribution in [2.45, 2.75) is 19.5 Å². The fourth-order valence-corrected chi connectivity index (χ4v) is 3.87. The second kappa shape index (κ2) is 6.12. The highest BCUT2D eigenvalue weighted by Crippen LogP contribution is 2.33. The van der Waals surface area contributed by atoms with Crippen molar-refractivity contribution in [3.05, 3.63) is 77.0 Å². The third-order valence-corrected chi connectivity index (χ3v) is 5.17. The lowest BCUT2D eigenvalue weighted by Gasteiger charge is -2.24. The Kier molecular flexibility index (Phi) is 3.95. The van der Waals surface area contributed by atoms with Crippen LogP contribution in [0.2, 0.25) is 5.02 Å². The molecule has 4 rings (SSSR count). The summed E-state index contributed by atoms with van der Waals surface area (Å²) in [6.45, 7) is 7.23. The van der Waals surface area contributed by atoms with E-state index in [0.717, 1.165) is 36.7 Å². The fraction of sp³-hybridized carbons (Fsp3) is 0.238. The van der Waals surface area contributed by atoms with Crippen LogP contribution < -0.4 is 0 Å². The monoisotopic (exact) mass is 336 g/mol. The molecule has 0 radical (unpaired) electrons. The molecule has 122 valence electrons. The number of fused-ring (bicyclic) bond motifs is 3. The van der Waals surface area contributed by atoms with E-state index in [1.165, 1.54) is 27.7 Å². The lowest BCUT2D eigenvalue weighted by Crippen LogP contribution is -2.27. The van der Waals surface area contributed by atoms with Crippen LogP contribution in [0.1, 0.15) is 16.8 Å². The van der Waals surface area contributed by atoms with E-state index in [0.29, 0.717) is 0 Å². The first-order chi connectivity index (χ1) is 11.6. The van der Waals surface area contributed by atoms with Gasteiger partial charge < -0.3 is 9.47 Å². The molecule has 0 bridgehead atoms. The molecule has 0 amide bonds. The maximum atomic E-state index is 6.27. The first-order valence-electron chi connectivity index (χ1n) is 8.35. The SMILES string of the molecule is C=C(Cn1c2c(c3cc(Cl)ccc31)CN(C)CC2)c1ccccc1. The Morgan fingerprint density at radius 2 is 1.96 bits per heavy atom. The molecule has 3 aromatic rings. The Morgan fingerprint density at radius 1 is 1.17 bits per heavy atom. The van der Waals surface area contributed by atoms with Gasteiger partial charge in [0.15, 0.2) is 0 Å². The third kappa shape index (κ3) is 2.66. The molecule has 1 aliphatic heterocycles. The lowest BCUT2D eigenvalue weighted by atomic mass is 10.0. The summed E-state index contributed by atoms with van der Waals surface area (Å²) in [6, 6.07) is 16.7. The molecular formula is C21H21ClN2. The van der Waals surface area contributed by atoms with Crippen molar-refractivity contribution >= 4 is 28.1 Å². The number of hydrogen-bond acceptors (Lipinski definition) is 1. The minimum atomic E-state index is 0.803. The van der Waals surface area contributed by atoms with Gasteiger partial charge in [0.1, 0.15) is 0 Å². The van der Waals surface area contributed by atoms with Crippen molar-refractivity contribution in [3.63, 3.8) is 0 Å². The smallest absolute Gasteiger partial charge is 0.0490 e. The van der Waals surface area contributed by atoms with E-state index in [-0.39, 0.29) is 0 Å². The van der Waals surface area contributed by atoms with Gasteiger partial charge in [-0.1, -0.05) is 48.5 Å². The van der Waals surface area contributed by atoms with E-state index in [2.05, 4.69) is 59.5 Å². The number of allylic oxidation sites excluding steroid dienone is 1. The summed E-state index contributed by atoms with van der Waals surface area (Å²) < 4.78 is 2.43. The fourth-order valence-electron chi connectivity index (χ4n) is 3.69. The van der Waals surface area contributed by atoms with Gasteiger partial charge in [0.25, 0.3) is 0 Å². The van der Waals surface area contributed by atoms with Gasteiger partial charge in [-0.2, -0.15) is 0 Å². The average Bonchev–Trinajstić information content (AvgIpc) is 2.88. The van der Waals surface area contributed by atoms with Crippen molar-refractivity contribution in [1.82, 2.24) is 9.47 Å². The molecule has 1 aromatic heterocycles. The summed E-state index contributed by atoms with van der Waals surface area (Å²) in [5.41, 5.74) is 6.46. The van der Waals surface area contributed by atoms with E-state index in [1.807, 2.05) is 12.1 Å². The second-order valence-electron chi connectivity index (χ2n) is 6.63. The van der Waals surface area contributed by atoms with Crippen LogP contribution in [0.15, 0.2) is 55.1 Å². The van der Waals surface area contributed by atoms with E-state index in [9.17, 15) is 0 Å². The second-order valence-corrected chi connectivity index (χ2v) is 7.07. The Morgan fingerprint density at radius 3 is 2.75 bits per heavy atom. The minimum absolute atomic E-state index is 0.803. The molecule has 0 spiro atoms. The molecule has 2 aromatic carbocycles. The molecule has 0 N–H and O–H groups in total. The van der Waals surface area contributed by atoms with Crippen LogP contribution >= 0.6 is 11.6 Å². The topological polar surface area (TPSA) is 8.17 Å². The Hall–Kier alpha value is -2.03. The first kappa shape index (κ1) is 15.5. The zero-order valence-corrected chi connectivity index (χ0v) is 14.7. The molecule has 2 heterocycles. The summed E-state index contributed by atoms with van der Waals surface area (Å²) in [4.78, 5) is 2.37. The van der Waals surface area contributed by atoms with E-state index in [4.69, 9.17) is 11.6 Å². The summed E-state index contributed by atoms with van der Waals surface area (Å²) in [6.07, 6.45) is 1.07. The quantitative estimate of drug-likeness (QED) is 0.653. The molecule has 24 heavy (non-hydrogen) atoms. The van der Waals surface area contributed by atoms with Crippen LogP contribution in [-0.4, -0.2) is 23.1 Å². The molecule has 0 saturated carbocycles. The summed E-state index contributed by atoms with van der Waals surface area (Å²) in [7, 11) is 2.18. The van der Waals surface area contributed by atoms with Crippen molar-refractivity contribution in [2.24, 2.45) is 0 Å². The van der Waals surface area contributed by atoms with Crippen LogP contribution in [-0.2, 0) is 19.5 Å². The Bertz CT molecular complexity index is 908. The molecule has 0 fully saturated rings. The number of hydrogen-bond donors (Lipinski definition) is 0. The van der Waals surface area contributed by atoms with Crippen LogP contribution in [0, 0.1) is 0 Å². The summed E-state index contributed by atoms with van der Waals surface area (Å²) in [5, 5.41) is 2.09. The van der Waals surface area contributed by atoms with Crippen LogP contribution in [0.4, 0.5) is 0 Å². The summed E-state index contributed by atoms with van der Waals surface area (Å²) >= 11 is 6.27. The zero-order chi connectivity index (χ0) is 16.7. The number of halogens is 1. The van der Waals surface area contributed by atoms with Crippen molar-refractivity contribution in [3.8, 4) is 0 Å². The maximum Gasteiger partial charge on any atom is 0.0490 e. The van der Waals surface area contributed by atoms with Gasteiger partial charge in [-0.3, -0.25) is 0 Å². The molecule has 0 aliphatic carbocycles. The standard InChI is InChI=1S/C21H21ClN2/c1-15(16-6-4-3-5-7-16)13-24-20-9-8-17(22)12-18(20)19-14-23(2)11-10-21(19)24/h3-9,12H,1,10-11,13-14H2,2H3. The zero-order valence-electron chi connectivity index (χ0n) is 13.9. The van der Waals surface area contributed by atoms with Crippen LogP contribution in [0.5, 0.6) is 0 Å². The molecular weight excluding hydrogens is 316 g/mol. The van der Waals surface area contributed by atoms with Crippen LogP contribution in [0.25, 0.3) is 16.5 Å². The van der Waals surface area contributed by atoms with Gasteiger partial charge in [-0.15, -0.1) is 0 Å². The highest BCUT2D eigenvalue weighted by molar-refractivity contribution is 6.31. The molecule has 1 aliphatic rings. The predicted octanol–water partition coefficient (Wildman–Crippen LogP) is 5.00. The molecule has 0 atom stereocenters. The lowest BCUT2D eigenvalue weighted by molar-refractivity contribution is 0.310. The largest absolute Gasteiger partial charge is 0.340 e. The first-order valence-corrected chi connectivity index (χ1v) is 8.72. The van der Waals surface area contributed by atoms with Crippen LogP contribution in [0.3, 0.4) is 0 Å².